The summed E-state index contributed by atoms with van der Waals surface area (Å²) in [6, 6.07) is 7.37. The molecule has 0 saturated carbocycles. The number of nitriles is 4. The fourth-order valence-corrected chi connectivity index (χ4v) is 4.90. The van der Waals surface area contributed by atoms with E-state index in [1.54, 1.807) is 21.0 Å². The lowest BCUT2D eigenvalue weighted by atomic mass is 9.56. The Morgan fingerprint density at radius 2 is 1.37 bits per heavy atom. The Bertz CT molecular complexity index is 809. The molecule has 0 fully saturated rings. The van der Waals surface area contributed by atoms with Crippen molar-refractivity contribution < 1.29 is 9.59 Å². The van der Waals surface area contributed by atoms with Crippen LogP contribution in [0.4, 0.5) is 9.59 Å². The van der Waals surface area contributed by atoms with Crippen molar-refractivity contribution in [1.82, 2.24) is 9.80 Å². The van der Waals surface area contributed by atoms with E-state index >= 15 is 0 Å². The van der Waals surface area contributed by atoms with Crippen LogP contribution in [0.25, 0.3) is 0 Å². The van der Waals surface area contributed by atoms with Crippen molar-refractivity contribution in [2.24, 2.45) is 16.7 Å². The summed E-state index contributed by atoms with van der Waals surface area (Å²) in [5.74, 6) is -0.796. The lowest BCUT2D eigenvalue weighted by Gasteiger charge is -2.44. The van der Waals surface area contributed by atoms with Gasteiger partial charge < -0.3 is 9.80 Å². The highest BCUT2D eigenvalue weighted by molar-refractivity contribution is 8.19. The predicted octanol–water partition coefficient (Wildman–Crippen LogP) is 2.79. The van der Waals surface area contributed by atoms with E-state index in [0.717, 1.165) is 11.8 Å². The highest BCUT2D eigenvalue weighted by Gasteiger charge is 2.65. The summed E-state index contributed by atoms with van der Waals surface area (Å²) in [5, 5.41) is 37.3. The minimum Gasteiger partial charge on any atom is -0.340 e. The van der Waals surface area contributed by atoms with Gasteiger partial charge in [0.1, 0.15) is 0 Å². The standard InChI is InChI=1S/C17H18N6O2S2/c1-11-6-12(26-14(24)22(2)3)13(27-15(25)23(4)5)17(9-20,10-21)16(11,7-18)8-19/h6,11,13H,1-5H3/t11-,13-/m1/s1. The van der Waals surface area contributed by atoms with Gasteiger partial charge in [0.15, 0.2) is 10.8 Å². The first-order valence-electron chi connectivity index (χ1n) is 7.70. The number of thioether (sulfide) groups is 2. The quantitative estimate of drug-likeness (QED) is 0.687. The SMILES string of the molecule is C[C@@H]1C=C(SC(=O)N(C)C)[C@@H](SC(=O)N(C)C)C(C#N)(C#N)C1(C#N)C#N. The largest absolute Gasteiger partial charge is 0.340 e. The van der Waals surface area contributed by atoms with E-state index in [9.17, 15) is 30.6 Å². The zero-order valence-electron chi connectivity index (χ0n) is 15.5. The molecule has 0 bridgehead atoms. The van der Waals surface area contributed by atoms with Crippen molar-refractivity contribution in [2.45, 2.75) is 12.2 Å². The number of carbonyl (C=O) groups excluding carboxylic acids is 2. The topological polar surface area (TPSA) is 136 Å². The Labute approximate surface area is 167 Å². The second kappa shape index (κ2) is 8.35. The third-order valence-corrected chi connectivity index (χ3v) is 6.94. The second-order valence-corrected chi connectivity index (χ2v) is 8.42. The van der Waals surface area contributed by atoms with E-state index < -0.39 is 27.2 Å². The summed E-state index contributed by atoms with van der Waals surface area (Å²) in [4.78, 5) is 27.5. The maximum atomic E-state index is 12.3. The summed E-state index contributed by atoms with van der Waals surface area (Å²) in [6.45, 7) is 1.55. The monoisotopic (exact) mass is 402 g/mol. The number of rotatable bonds is 2. The van der Waals surface area contributed by atoms with Crippen LogP contribution in [-0.2, 0) is 0 Å². The maximum Gasteiger partial charge on any atom is 0.285 e. The summed E-state index contributed by atoms with van der Waals surface area (Å²) in [6.07, 6.45) is 1.53. The Hall–Kier alpha value is -2.66. The number of allylic oxidation sites excluding steroid dienone is 1. The van der Waals surface area contributed by atoms with Crippen LogP contribution in [0, 0.1) is 62.1 Å². The van der Waals surface area contributed by atoms with Gasteiger partial charge in [0, 0.05) is 39.0 Å². The molecule has 0 saturated heterocycles. The van der Waals surface area contributed by atoms with Crippen molar-refractivity contribution in [3.05, 3.63) is 11.0 Å². The lowest BCUT2D eigenvalue weighted by molar-refractivity contribution is 0.226. The number of nitrogens with zero attached hydrogens (tertiary/aromatic N) is 6. The van der Waals surface area contributed by atoms with Crippen molar-refractivity contribution in [2.75, 3.05) is 28.2 Å². The summed E-state index contributed by atoms with van der Waals surface area (Å²) in [5.41, 5.74) is -4.11. The van der Waals surface area contributed by atoms with E-state index in [0.29, 0.717) is 16.7 Å². The third-order valence-electron chi connectivity index (χ3n) is 4.23. The minimum atomic E-state index is -2.13. The summed E-state index contributed by atoms with van der Waals surface area (Å²) >= 11 is 1.45. The highest BCUT2D eigenvalue weighted by Crippen LogP contribution is 2.58. The van der Waals surface area contributed by atoms with Gasteiger partial charge in [-0.1, -0.05) is 24.8 Å². The van der Waals surface area contributed by atoms with Crippen LogP contribution in [0.3, 0.4) is 0 Å². The number of carbonyl (C=O) groups is 2. The van der Waals surface area contributed by atoms with Crippen LogP contribution in [0.1, 0.15) is 6.92 Å². The molecule has 0 aromatic carbocycles. The maximum absolute atomic E-state index is 12.3. The lowest BCUT2D eigenvalue weighted by Crippen LogP contribution is -2.53. The highest BCUT2D eigenvalue weighted by atomic mass is 32.2. The fraction of sp³-hybridized carbons (Fsp3) is 0.529. The molecule has 0 heterocycles. The van der Waals surface area contributed by atoms with Crippen LogP contribution < -0.4 is 0 Å². The van der Waals surface area contributed by atoms with Crippen molar-refractivity contribution >= 4 is 34.0 Å². The van der Waals surface area contributed by atoms with Crippen LogP contribution in [-0.4, -0.2) is 53.7 Å². The van der Waals surface area contributed by atoms with Gasteiger partial charge in [-0.25, -0.2) is 0 Å². The van der Waals surface area contributed by atoms with Gasteiger partial charge in [0.25, 0.3) is 10.5 Å². The molecule has 1 rings (SSSR count). The number of hydrogen-bond donors (Lipinski definition) is 0. The van der Waals surface area contributed by atoms with Gasteiger partial charge in [0.05, 0.1) is 29.5 Å². The van der Waals surface area contributed by atoms with Crippen molar-refractivity contribution in [3.8, 4) is 24.3 Å². The molecule has 0 aliphatic heterocycles. The van der Waals surface area contributed by atoms with Gasteiger partial charge in [-0.3, -0.25) is 9.59 Å². The van der Waals surface area contributed by atoms with Crippen LogP contribution in [0.2, 0.25) is 0 Å². The molecule has 1 aliphatic rings. The Kier molecular flexibility index (Phi) is 6.93. The Balaban J connectivity index is 3.73. The van der Waals surface area contributed by atoms with Crippen LogP contribution in [0.5, 0.6) is 0 Å². The van der Waals surface area contributed by atoms with E-state index in [-0.39, 0.29) is 5.24 Å². The molecule has 0 N–H and O–H groups in total. The van der Waals surface area contributed by atoms with Crippen LogP contribution in [0.15, 0.2) is 11.0 Å². The van der Waals surface area contributed by atoms with E-state index in [1.165, 1.54) is 30.0 Å². The normalized spacial score (nSPS) is 22.0. The Morgan fingerprint density at radius 3 is 1.74 bits per heavy atom. The first-order chi connectivity index (χ1) is 12.6. The molecule has 0 aromatic rings. The third kappa shape index (κ3) is 3.60. The predicted molar refractivity (Wildman–Crippen MR) is 102 cm³/mol. The first kappa shape index (κ1) is 22.4. The van der Waals surface area contributed by atoms with E-state index in [4.69, 9.17) is 0 Å². The molecular formula is C17H18N6O2S2. The molecule has 27 heavy (non-hydrogen) atoms. The van der Waals surface area contributed by atoms with Gasteiger partial charge in [-0.15, -0.1) is 0 Å². The van der Waals surface area contributed by atoms with Gasteiger partial charge in [0.2, 0.25) is 0 Å². The molecular weight excluding hydrogens is 384 g/mol. The molecule has 0 unspecified atom stereocenters. The molecule has 2 amide bonds. The summed E-state index contributed by atoms with van der Waals surface area (Å²) in [7, 11) is 6.10. The minimum absolute atomic E-state index is 0.311. The first-order valence-corrected chi connectivity index (χ1v) is 9.40. The van der Waals surface area contributed by atoms with Crippen molar-refractivity contribution in [3.63, 3.8) is 0 Å². The molecule has 2 atom stereocenters. The van der Waals surface area contributed by atoms with Crippen molar-refractivity contribution in [1.29, 1.82) is 21.0 Å². The zero-order valence-corrected chi connectivity index (χ0v) is 17.2. The van der Waals surface area contributed by atoms with E-state index in [2.05, 4.69) is 0 Å². The number of amides is 2. The second-order valence-electron chi connectivity index (χ2n) is 6.34. The van der Waals surface area contributed by atoms with Gasteiger partial charge in [-0.2, -0.15) is 21.0 Å². The molecule has 10 heteroatoms. The number of hydrogen-bond acceptors (Lipinski definition) is 8. The smallest absolute Gasteiger partial charge is 0.285 e. The summed E-state index contributed by atoms with van der Waals surface area (Å²) < 4.78 is 0. The Morgan fingerprint density at radius 1 is 0.926 bits per heavy atom. The van der Waals surface area contributed by atoms with Crippen LogP contribution >= 0.6 is 23.5 Å². The molecule has 140 valence electrons. The van der Waals surface area contributed by atoms with Gasteiger partial charge >= 0.3 is 0 Å². The molecule has 0 aromatic heterocycles. The molecule has 0 radical (unpaired) electrons. The molecule has 0 spiro atoms. The average Bonchev–Trinajstić information content (AvgIpc) is 2.63. The van der Waals surface area contributed by atoms with Gasteiger partial charge in [-0.05, 0) is 11.8 Å². The molecule has 8 nitrogen and oxygen atoms in total. The zero-order chi connectivity index (χ0) is 21.0. The average molecular weight is 403 g/mol. The fourth-order valence-electron chi connectivity index (χ4n) is 2.59. The van der Waals surface area contributed by atoms with E-state index in [1.807, 2.05) is 24.3 Å². The molecule has 1 aliphatic carbocycles.